The van der Waals surface area contributed by atoms with Gasteiger partial charge in [0.25, 0.3) is 0 Å². The number of likely N-dealkylation sites (tertiary alicyclic amines) is 1. The van der Waals surface area contributed by atoms with Crippen LogP contribution in [-0.2, 0) is 6.54 Å². The molecule has 0 atom stereocenters. The van der Waals surface area contributed by atoms with Gasteiger partial charge >= 0.3 is 0 Å². The predicted octanol–water partition coefficient (Wildman–Crippen LogP) is 6.28. The maximum absolute atomic E-state index is 4.67. The van der Waals surface area contributed by atoms with Crippen LogP contribution in [0.15, 0.2) is 64.0 Å². The van der Waals surface area contributed by atoms with Crippen LogP contribution >= 0.6 is 0 Å². The van der Waals surface area contributed by atoms with Gasteiger partial charge in [0.05, 0.1) is 17.8 Å². The van der Waals surface area contributed by atoms with E-state index in [-0.39, 0.29) is 6.04 Å². The summed E-state index contributed by atoms with van der Waals surface area (Å²) < 4.78 is 0. The topological polar surface area (TPSA) is 81.9 Å². The van der Waals surface area contributed by atoms with Crippen molar-refractivity contribution >= 4 is 34.1 Å². The molecule has 33 heavy (non-hydrogen) atoms. The SMILES string of the molecule is CC(C)N=NC=Nc1cc2c(cn1)[nH]c1ncc(-c3ccc(CN4CCCCC4)cc3)cc12. The molecule has 1 aromatic carbocycles. The number of azo groups is 1. The molecule has 1 N–H and O–H groups in total. The number of pyridine rings is 2. The number of piperidine rings is 1. The van der Waals surface area contributed by atoms with Crippen molar-refractivity contribution < 1.29 is 0 Å². The average Bonchev–Trinajstić information content (AvgIpc) is 3.20. The third-order valence-electron chi connectivity index (χ3n) is 6.00. The first-order valence-electron chi connectivity index (χ1n) is 11.7. The summed E-state index contributed by atoms with van der Waals surface area (Å²) in [6.45, 7) is 7.41. The molecule has 0 aliphatic carbocycles. The second-order valence-electron chi connectivity index (χ2n) is 8.94. The average molecular weight is 440 g/mol. The van der Waals surface area contributed by atoms with Crippen molar-refractivity contribution in [2.24, 2.45) is 15.2 Å². The minimum atomic E-state index is 0.142. The molecule has 1 fully saturated rings. The molecular weight excluding hydrogens is 410 g/mol. The smallest absolute Gasteiger partial charge is 0.154 e. The van der Waals surface area contributed by atoms with Gasteiger partial charge in [0, 0.05) is 29.1 Å². The van der Waals surface area contributed by atoms with E-state index in [2.05, 4.69) is 65.4 Å². The number of aromatic nitrogens is 3. The molecule has 1 aliphatic heterocycles. The second-order valence-corrected chi connectivity index (χ2v) is 8.94. The zero-order valence-electron chi connectivity index (χ0n) is 19.2. The van der Waals surface area contributed by atoms with Gasteiger partial charge in [0.15, 0.2) is 5.82 Å². The quantitative estimate of drug-likeness (QED) is 0.218. The zero-order chi connectivity index (χ0) is 22.6. The standard InChI is InChI=1S/C26H29N7/c1-18(2)32-30-17-29-25-13-22-23-12-21(14-28-26(23)31-24(22)15-27-25)20-8-6-19(7-9-20)16-33-10-4-3-5-11-33/h6-9,12-15,17-18H,3-5,10-11,16H2,1-2H3,(H,28,31). The second kappa shape index (κ2) is 9.58. The highest BCUT2D eigenvalue weighted by atomic mass is 15.1. The number of H-pyrrole nitrogens is 1. The molecule has 4 aromatic rings. The number of aliphatic imine (C=N–C) groups is 1. The molecule has 4 heterocycles. The Morgan fingerprint density at radius 3 is 2.58 bits per heavy atom. The van der Waals surface area contributed by atoms with Crippen LogP contribution in [0.5, 0.6) is 0 Å². The number of nitrogens with one attached hydrogen (secondary N) is 1. The van der Waals surface area contributed by atoms with Crippen molar-refractivity contribution in [1.82, 2.24) is 19.9 Å². The van der Waals surface area contributed by atoms with Crippen LogP contribution in [0.1, 0.15) is 38.7 Å². The fourth-order valence-electron chi connectivity index (χ4n) is 4.32. The van der Waals surface area contributed by atoms with Gasteiger partial charge in [0.1, 0.15) is 12.0 Å². The van der Waals surface area contributed by atoms with Gasteiger partial charge in [-0.05, 0) is 63.0 Å². The first kappa shape index (κ1) is 21.4. The van der Waals surface area contributed by atoms with Crippen LogP contribution in [0.2, 0.25) is 0 Å². The van der Waals surface area contributed by atoms with Crippen molar-refractivity contribution in [2.75, 3.05) is 13.1 Å². The summed E-state index contributed by atoms with van der Waals surface area (Å²) in [5.41, 5.74) is 5.42. The molecule has 7 nitrogen and oxygen atoms in total. The molecule has 168 valence electrons. The van der Waals surface area contributed by atoms with E-state index >= 15 is 0 Å². The fraction of sp³-hybridized carbons (Fsp3) is 0.346. The monoisotopic (exact) mass is 439 g/mol. The Labute approximate surface area is 193 Å². The van der Waals surface area contributed by atoms with Gasteiger partial charge in [-0.15, -0.1) is 5.11 Å². The largest absolute Gasteiger partial charge is 0.338 e. The van der Waals surface area contributed by atoms with Crippen molar-refractivity contribution in [3.63, 3.8) is 0 Å². The lowest BCUT2D eigenvalue weighted by molar-refractivity contribution is 0.221. The summed E-state index contributed by atoms with van der Waals surface area (Å²) in [6, 6.07) is 13.2. The molecule has 1 saturated heterocycles. The minimum absolute atomic E-state index is 0.142. The van der Waals surface area contributed by atoms with Gasteiger partial charge < -0.3 is 4.98 Å². The van der Waals surface area contributed by atoms with Crippen LogP contribution in [0.25, 0.3) is 33.1 Å². The zero-order valence-corrected chi connectivity index (χ0v) is 19.2. The van der Waals surface area contributed by atoms with Crippen LogP contribution in [0.4, 0.5) is 5.82 Å². The van der Waals surface area contributed by atoms with Crippen LogP contribution in [-0.4, -0.2) is 45.3 Å². The van der Waals surface area contributed by atoms with E-state index in [0.29, 0.717) is 5.82 Å². The van der Waals surface area contributed by atoms with E-state index in [1.54, 1.807) is 6.20 Å². The molecule has 3 aromatic heterocycles. The number of rotatable bonds is 6. The lowest BCUT2D eigenvalue weighted by Crippen LogP contribution is -2.28. The van der Waals surface area contributed by atoms with Crippen molar-refractivity contribution in [3.05, 3.63) is 54.4 Å². The van der Waals surface area contributed by atoms with Crippen LogP contribution < -0.4 is 0 Å². The van der Waals surface area contributed by atoms with E-state index in [1.165, 1.54) is 49.8 Å². The third kappa shape index (κ3) is 4.98. The molecule has 0 bridgehead atoms. The molecule has 0 saturated carbocycles. The van der Waals surface area contributed by atoms with Gasteiger partial charge in [-0.1, -0.05) is 30.7 Å². The summed E-state index contributed by atoms with van der Waals surface area (Å²) in [7, 11) is 0. The number of aromatic amines is 1. The highest BCUT2D eigenvalue weighted by molar-refractivity contribution is 6.07. The Morgan fingerprint density at radius 2 is 1.79 bits per heavy atom. The van der Waals surface area contributed by atoms with Crippen LogP contribution in [0.3, 0.4) is 0 Å². The highest BCUT2D eigenvalue weighted by Crippen LogP contribution is 2.30. The lowest BCUT2D eigenvalue weighted by Gasteiger charge is -2.26. The number of nitrogens with zero attached hydrogens (tertiary/aromatic N) is 6. The Kier molecular flexibility index (Phi) is 6.21. The molecule has 7 heteroatoms. The fourth-order valence-corrected chi connectivity index (χ4v) is 4.32. The van der Waals surface area contributed by atoms with Gasteiger partial charge in [-0.3, -0.25) is 4.90 Å². The molecular formula is C26H29N7. The van der Waals surface area contributed by atoms with E-state index in [9.17, 15) is 0 Å². The third-order valence-corrected chi connectivity index (χ3v) is 6.00. The van der Waals surface area contributed by atoms with Gasteiger partial charge in [-0.25, -0.2) is 15.0 Å². The molecule has 0 unspecified atom stereocenters. The number of benzene rings is 1. The van der Waals surface area contributed by atoms with Gasteiger partial charge in [-0.2, -0.15) is 5.11 Å². The van der Waals surface area contributed by atoms with Crippen LogP contribution in [0, 0.1) is 0 Å². The van der Waals surface area contributed by atoms with E-state index < -0.39 is 0 Å². The van der Waals surface area contributed by atoms with Crippen molar-refractivity contribution in [3.8, 4) is 11.1 Å². The molecule has 0 amide bonds. The number of fused-ring (bicyclic) bond motifs is 3. The summed E-state index contributed by atoms with van der Waals surface area (Å²) in [5.74, 6) is 0.596. The normalized spacial score (nSPS) is 15.6. The molecule has 0 radical (unpaired) electrons. The van der Waals surface area contributed by atoms with Gasteiger partial charge in [0.2, 0.25) is 0 Å². The van der Waals surface area contributed by atoms with Crippen molar-refractivity contribution in [1.29, 1.82) is 0 Å². The number of hydrogen-bond acceptors (Lipinski definition) is 5. The molecule has 0 spiro atoms. The maximum Gasteiger partial charge on any atom is 0.154 e. The first-order chi connectivity index (χ1) is 16.2. The minimum Gasteiger partial charge on any atom is -0.338 e. The maximum atomic E-state index is 4.67. The molecule has 5 rings (SSSR count). The van der Waals surface area contributed by atoms with Crippen molar-refractivity contribution in [2.45, 2.75) is 45.7 Å². The highest BCUT2D eigenvalue weighted by Gasteiger charge is 2.11. The Morgan fingerprint density at radius 1 is 0.970 bits per heavy atom. The Bertz CT molecular complexity index is 1300. The number of hydrogen-bond donors (Lipinski definition) is 1. The predicted molar refractivity (Wildman–Crippen MR) is 134 cm³/mol. The summed E-state index contributed by atoms with van der Waals surface area (Å²) in [5, 5.41) is 10.1. The Hall–Kier alpha value is -3.45. The first-order valence-corrected chi connectivity index (χ1v) is 11.7. The van der Waals surface area contributed by atoms with E-state index in [1.807, 2.05) is 26.1 Å². The molecule has 1 aliphatic rings. The lowest BCUT2D eigenvalue weighted by atomic mass is 10.0. The summed E-state index contributed by atoms with van der Waals surface area (Å²) in [6.07, 6.45) is 9.16. The summed E-state index contributed by atoms with van der Waals surface area (Å²) >= 11 is 0. The summed E-state index contributed by atoms with van der Waals surface area (Å²) in [4.78, 5) is 19.3. The van der Waals surface area contributed by atoms with E-state index in [0.717, 1.165) is 34.0 Å². The van der Waals surface area contributed by atoms with E-state index in [4.69, 9.17) is 0 Å². The Balaban J connectivity index is 1.40.